The van der Waals surface area contributed by atoms with E-state index in [4.69, 9.17) is 11.6 Å². The van der Waals surface area contributed by atoms with E-state index in [-0.39, 0.29) is 11.9 Å². The number of hydrogen-bond donors (Lipinski definition) is 0. The van der Waals surface area contributed by atoms with Crippen LogP contribution in [0.4, 0.5) is 0 Å². The van der Waals surface area contributed by atoms with Crippen LogP contribution in [0.3, 0.4) is 0 Å². The quantitative estimate of drug-likeness (QED) is 0.655. The van der Waals surface area contributed by atoms with Gasteiger partial charge in [-0.05, 0) is 6.42 Å². The van der Waals surface area contributed by atoms with Gasteiger partial charge in [0, 0.05) is 18.0 Å². The van der Waals surface area contributed by atoms with Crippen molar-refractivity contribution in [2.75, 3.05) is 6.54 Å². The third-order valence-corrected chi connectivity index (χ3v) is 2.61. The molecule has 0 aromatic heterocycles. The minimum Gasteiger partial charge on any atom is -0.330 e. The van der Waals surface area contributed by atoms with E-state index in [2.05, 4.69) is 13.2 Å². The molecule has 2 nitrogen and oxygen atoms in total. The Kier molecular flexibility index (Phi) is 3.96. The summed E-state index contributed by atoms with van der Waals surface area (Å²) in [5, 5.41) is 0.728. The van der Waals surface area contributed by atoms with Crippen molar-refractivity contribution in [1.82, 2.24) is 4.90 Å². The molecule has 1 aliphatic heterocycles. The molecule has 0 saturated heterocycles. The lowest BCUT2D eigenvalue weighted by molar-refractivity contribution is -0.131. The first kappa shape index (κ1) is 11.1. The van der Waals surface area contributed by atoms with Crippen molar-refractivity contribution in [3.8, 4) is 0 Å². The summed E-state index contributed by atoms with van der Waals surface area (Å²) in [5.41, 5.74) is 0. The van der Waals surface area contributed by atoms with Gasteiger partial charge in [-0.25, -0.2) is 0 Å². The number of carbonyl (C=O) groups is 1. The third-order valence-electron chi connectivity index (χ3n) is 2.20. The average molecular weight is 212 g/mol. The zero-order valence-electron chi connectivity index (χ0n) is 8.08. The zero-order valence-corrected chi connectivity index (χ0v) is 8.83. The van der Waals surface area contributed by atoms with Gasteiger partial charge in [0.15, 0.2) is 0 Å². The normalized spacial score (nSPS) is 21.8. The predicted molar refractivity (Wildman–Crippen MR) is 59.1 cm³/mol. The first-order valence-electron chi connectivity index (χ1n) is 4.57. The Morgan fingerprint density at radius 1 is 1.57 bits per heavy atom. The topological polar surface area (TPSA) is 20.3 Å². The molecule has 0 aromatic rings. The molecule has 0 saturated carbocycles. The number of amides is 1. The fraction of sp³-hybridized carbons (Fsp3) is 0.364. The second kappa shape index (κ2) is 5.01. The van der Waals surface area contributed by atoms with Crippen LogP contribution in [0.15, 0.2) is 36.4 Å². The van der Waals surface area contributed by atoms with Gasteiger partial charge >= 0.3 is 0 Å². The first-order chi connectivity index (χ1) is 6.70. The highest BCUT2D eigenvalue weighted by Gasteiger charge is 2.27. The van der Waals surface area contributed by atoms with Crippen LogP contribution in [0.2, 0.25) is 0 Å². The Morgan fingerprint density at radius 3 is 2.86 bits per heavy atom. The Morgan fingerprint density at radius 2 is 2.29 bits per heavy atom. The minimum absolute atomic E-state index is 0.0478. The van der Waals surface area contributed by atoms with Crippen LogP contribution in [0, 0.1) is 0 Å². The van der Waals surface area contributed by atoms with Gasteiger partial charge in [0.1, 0.15) is 0 Å². The number of nitrogens with zero attached hydrogens (tertiary/aromatic N) is 1. The molecule has 1 atom stereocenters. The van der Waals surface area contributed by atoms with E-state index in [1.165, 1.54) is 0 Å². The SMILES string of the molecule is C=CC[C@H]1C(Cl)=CCC(=O)N1CC=C. The van der Waals surface area contributed by atoms with Crippen molar-refractivity contribution in [1.29, 1.82) is 0 Å². The Hall–Kier alpha value is -1.02. The lowest BCUT2D eigenvalue weighted by atomic mass is 10.1. The molecule has 3 heteroatoms. The number of carbonyl (C=O) groups excluding carboxylic acids is 1. The van der Waals surface area contributed by atoms with Crippen LogP contribution in [-0.4, -0.2) is 23.4 Å². The van der Waals surface area contributed by atoms with Crippen LogP contribution in [-0.2, 0) is 4.79 Å². The smallest absolute Gasteiger partial charge is 0.227 e. The molecule has 14 heavy (non-hydrogen) atoms. The molecule has 0 bridgehead atoms. The van der Waals surface area contributed by atoms with Gasteiger partial charge in [-0.3, -0.25) is 4.79 Å². The Balaban J connectivity index is 2.85. The summed E-state index contributed by atoms with van der Waals surface area (Å²) < 4.78 is 0. The molecule has 1 amide bonds. The summed E-state index contributed by atoms with van der Waals surface area (Å²) in [6.45, 7) is 7.83. The van der Waals surface area contributed by atoms with Crippen LogP contribution in [0.1, 0.15) is 12.8 Å². The predicted octanol–water partition coefficient (Wildman–Crippen LogP) is 2.47. The summed E-state index contributed by atoms with van der Waals surface area (Å²) in [7, 11) is 0. The van der Waals surface area contributed by atoms with Gasteiger partial charge in [0.2, 0.25) is 5.91 Å². The van der Waals surface area contributed by atoms with Crippen LogP contribution < -0.4 is 0 Å². The van der Waals surface area contributed by atoms with Crippen molar-refractivity contribution in [3.05, 3.63) is 36.4 Å². The van der Waals surface area contributed by atoms with Gasteiger partial charge in [-0.15, -0.1) is 13.2 Å². The highest BCUT2D eigenvalue weighted by Crippen LogP contribution is 2.24. The van der Waals surface area contributed by atoms with Gasteiger partial charge in [-0.2, -0.15) is 0 Å². The molecule has 0 unspecified atom stereocenters. The van der Waals surface area contributed by atoms with Crippen molar-refractivity contribution >= 4 is 17.5 Å². The molecular weight excluding hydrogens is 198 g/mol. The maximum atomic E-state index is 11.6. The van der Waals surface area contributed by atoms with Crippen LogP contribution >= 0.6 is 11.6 Å². The number of hydrogen-bond acceptors (Lipinski definition) is 1. The molecule has 0 fully saturated rings. The van der Waals surface area contributed by atoms with Gasteiger partial charge in [0.05, 0.1) is 6.04 Å². The Bertz CT molecular complexity index is 283. The van der Waals surface area contributed by atoms with E-state index in [9.17, 15) is 4.79 Å². The van der Waals surface area contributed by atoms with E-state index < -0.39 is 0 Å². The van der Waals surface area contributed by atoms with Crippen LogP contribution in [0.5, 0.6) is 0 Å². The highest BCUT2D eigenvalue weighted by molar-refractivity contribution is 6.30. The molecule has 76 valence electrons. The highest BCUT2D eigenvalue weighted by atomic mass is 35.5. The summed E-state index contributed by atoms with van der Waals surface area (Å²) in [6, 6.07) is -0.0478. The second-order valence-electron chi connectivity index (χ2n) is 3.17. The fourth-order valence-corrected chi connectivity index (χ4v) is 1.81. The molecule has 0 spiro atoms. The maximum Gasteiger partial charge on any atom is 0.227 e. The van der Waals surface area contributed by atoms with E-state index >= 15 is 0 Å². The molecule has 1 aliphatic rings. The van der Waals surface area contributed by atoms with Gasteiger partial charge in [0.25, 0.3) is 0 Å². The van der Waals surface area contributed by atoms with E-state index in [1.807, 2.05) is 0 Å². The van der Waals surface area contributed by atoms with Crippen molar-refractivity contribution < 1.29 is 4.79 Å². The summed E-state index contributed by atoms with van der Waals surface area (Å²) in [6.07, 6.45) is 6.34. The average Bonchev–Trinajstić information content (AvgIpc) is 2.17. The van der Waals surface area contributed by atoms with Gasteiger partial charge in [-0.1, -0.05) is 29.8 Å². The lowest BCUT2D eigenvalue weighted by Gasteiger charge is -2.33. The first-order valence-corrected chi connectivity index (χ1v) is 4.95. The molecule has 0 aromatic carbocycles. The van der Waals surface area contributed by atoms with E-state index in [0.29, 0.717) is 19.4 Å². The largest absolute Gasteiger partial charge is 0.330 e. The van der Waals surface area contributed by atoms with E-state index in [0.717, 1.165) is 5.03 Å². The fourth-order valence-electron chi connectivity index (χ4n) is 1.53. The Labute approximate surface area is 89.5 Å². The summed E-state index contributed by atoms with van der Waals surface area (Å²) >= 11 is 6.04. The molecule has 1 rings (SSSR count). The zero-order chi connectivity index (χ0) is 10.6. The molecule has 0 N–H and O–H groups in total. The number of halogens is 1. The summed E-state index contributed by atoms with van der Waals surface area (Å²) in [4.78, 5) is 13.3. The molecule has 1 heterocycles. The second-order valence-corrected chi connectivity index (χ2v) is 3.60. The maximum absolute atomic E-state index is 11.6. The molecule has 0 aliphatic carbocycles. The van der Waals surface area contributed by atoms with Crippen molar-refractivity contribution in [3.63, 3.8) is 0 Å². The number of rotatable bonds is 4. The summed E-state index contributed by atoms with van der Waals surface area (Å²) in [5.74, 6) is 0.0983. The minimum atomic E-state index is -0.0478. The standard InChI is InChI=1S/C11H14ClNO/c1-3-5-10-9(12)6-7-11(14)13(10)8-4-2/h3-4,6,10H,1-2,5,7-8H2/t10-/m0/s1. The van der Waals surface area contributed by atoms with Crippen molar-refractivity contribution in [2.45, 2.75) is 18.9 Å². The monoisotopic (exact) mass is 211 g/mol. The molecular formula is C11H14ClNO. The molecule has 0 radical (unpaired) electrons. The lowest BCUT2D eigenvalue weighted by Crippen LogP contribution is -2.42. The third kappa shape index (κ3) is 2.26. The van der Waals surface area contributed by atoms with Gasteiger partial charge < -0.3 is 4.90 Å². The van der Waals surface area contributed by atoms with E-state index in [1.54, 1.807) is 23.1 Å². The van der Waals surface area contributed by atoms with Crippen LogP contribution in [0.25, 0.3) is 0 Å². The van der Waals surface area contributed by atoms with Crippen molar-refractivity contribution in [2.24, 2.45) is 0 Å².